The van der Waals surface area contributed by atoms with Crippen LogP contribution in [0.25, 0.3) is 16.7 Å². The van der Waals surface area contributed by atoms with Crippen molar-refractivity contribution in [3.63, 3.8) is 0 Å². The third-order valence-electron chi connectivity index (χ3n) is 7.24. The molecule has 0 aliphatic carbocycles. The molecule has 4 aromatic rings. The summed E-state index contributed by atoms with van der Waals surface area (Å²) in [6, 6.07) is 29.6. The van der Waals surface area contributed by atoms with Crippen molar-refractivity contribution in [1.29, 1.82) is 0 Å². The minimum absolute atomic E-state index is 0.131. The SMILES string of the molecule is CCCNC(=O)C=C1c2ccccc2N(C(=O)c2ccc(NC(=O)c3ccccc3-c3ccccc3)cc2)CCC1(F)F. The predicted molar refractivity (Wildman–Crippen MR) is 165 cm³/mol. The van der Waals surface area contributed by atoms with Crippen molar-refractivity contribution in [2.45, 2.75) is 25.7 Å². The first-order valence-electron chi connectivity index (χ1n) is 14.1. The standard InChI is InChI=1S/C35H31F2N3O3/c1-2-21-38-32(41)23-30-29-14-8-9-15-31(29)40(22-20-35(30,36)37)34(43)25-16-18-26(19-17-25)39-33(42)28-13-7-6-12-27(28)24-10-4-3-5-11-24/h3-19,23H,2,20-22H2,1H3,(H,38,41)(H,39,42). The number of rotatable bonds is 7. The average molecular weight is 580 g/mol. The lowest BCUT2D eigenvalue weighted by Gasteiger charge is -2.23. The minimum atomic E-state index is -3.32. The highest BCUT2D eigenvalue weighted by atomic mass is 19.3. The summed E-state index contributed by atoms with van der Waals surface area (Å²) in [7, 11) is 0. The fourth-order valence-electron chi connectivity index (χ4n) is 5.07. The van der Waals surface area contributed by atoms with E-state index in [1.54, 1.807) is 54.6 Å². The van der Waals surface area contributed by atoms with E-state index in [1.807, 2.05) is 49.4 Å². The Hall–Kier alpha value is -5.11. The number of carbonyl (C=O) groups excluding carboxylic acids is 3. The van der Waals surface area contributed by atoms with Crippen LogP contribution >= 0.6 is 0 Å². The minimum Gasteiger partial charge on any atom is -0.353 e. The van der Waals surface area contributed by atoms with Gasteiger partial charge in [0.1, 0.15) is 0 Å². The van der Waals surface area contributed by atoms with Crippen LogP contribution in [0, 0.1) is 0 Å². The fraction of sp³-hybridized carbons (Fsp3) is 0.171. The van der Waals surface area contributed by atoms with E-state index in [4.69, 9.17) is 0 Å². The lowest BCUT2D eigenvalue weighted by atomic mass is 9.97. The van der Waals surface area contributed by atoms with Gasteiger partial charge in [0.2, 0.25) is 5.91 Å². The Bertz CT molecular complexity index is 1670. The number of halogens is 2. The highest BCUT2D eigenvalue weighted by molar-refractivity contribution is 6.11. The molecule has 0 atom stereocenters. The quantitative estimate of drug-likeness (QED) is 0.227. The van der Waals surface area contributed by atoms with Crippen LogP contribution in [0.3, 0.4) is 0 Å². The average Bonchev–Trinajstić information content (AvgIpc) is 3.14. The first-order valence-corrected chi connectivity index (χ1v) is 14.1. The maximum atomic E-state index is 15.4. The number of allylic oxidation sites excluding steroid dienone is 1. The lowest BCUT2D eigenvalue weighted by Crippen LogP contribution is -2.33. The van der Waals surface area contributed by atoms with E-state index in [-0.39, 0.29) is 23.6 Å². The van der Waals surface area contributed by atoms with Crippen molar-refractivity contribution < 1.29 is 23.2 Å². The number of anilines is 2. The summed E-state index contributed by atoms with van der Waals surface area (Å²) >= 11 is 0. The van der Waals surface area contributed by atoms with Crippen LogP contribution in [-0.2, 0) is 4.79 Å². The summed E-state index contributed by atoms with van der Waals surface area (Å²) in [4.78, 5) is 40.5. The van der Waals surface area contributed by atoms with Gasteiger partial charge >= 0.3 is 0 Å². The Labute approximate surface area is 249 Å². The molecule has 1 heterocycles. The number of nitrogens with one attached hydrogen (secondary N) is 2. The van der Waals surface area contributed by atoms with Crippen LogP contribution in [0.1, 0.15) is 46.0 Å². The summed E-state index contributed by atoms with van der Waals surface area (Å²) in [5, 5.41) is 5.49. The fourth-order valence-corrected chi connectivity index (χ4v) is 5.07. The van der Waals surface area contributed by atoms with Crippen molar-refractivity contribution in [1.82, 2.24) is 5.32 Å². The molecule has 2 N–H and O–H groups in total. The molecule has 0 aromatic heterocycles. The third-order valence-corrected chi connectivity index (χ3v) is 7.24. The number of hydrogen-bond acceptors (Lipinski definition) is 3. The Morgan fingerprint density at radius 2 is 1.49 bits per heavy atom. The topological polar surface area (TPSA) is 78.5 Å². The van der Waals surface area contributed by atoms with Crippen molar-refractivity contribution in [3.8, 4) is 11.1 Å². The Balaban J connectivity index is 1.38. The van der Waals surface area contributed by atoms with Gasteiger partial charge < -0.3 is 15.5 Å². The van der Waals surface area contributed by atoms with E-state index >= 15 is 8.78 Å². The number of benzene rings is 4. The van der Waals surface area contributed by atoms with E-state index in [0.717, 1.165) is 17.2 Å². The Morgan fingerprint density at radius 1 is 0.837 bits per heavy atom. The molecule has 0 radical (unpaired) electrons. The van der Waals surface area contributed by atoms with Gasteiger partial charge in [-0.05, 0) is 53.9 Å². The van der Waals surface area contributed by atoms with Crippen LogP contribution in [0.4, 0.5) is 20.2 Å². The van der Waals surface area contributed by atoms with E-state index < -0.39 is 29.7 Å². The molecular weight excluding hydrogens is 548 g/mol. The highest BCUT2D eigenvalue weighted by Gasteiger charge is 2.41. The monoisotopic (exact) mass is 579 g/mol. The number of para-hydroxylation sites is 1. The predicted octanol–water partition coefficient (Wildman–Crippen LogP) is 7.20. The number of fused-ring (bicyclic) bond motifs is 1. The number of amides is 3. The molecular formula is C35H31F2N3O3. The molecule has 1 aliphatic rings. The number of hydrogen-bond donors (Lipinski definition) is 2. The Morgan fingerprint density at radius 3 is 2.21 bits per heavy atom. The van der Waals surface area contributed by atoms with Gasteiger partial charge in [0.05, 0.1) is 5.69 Å². The molecule has 6 nitrogen and oxygen atoms in total. The molecule has 5 rings (SSSR count). The summed E-state index contributed by atoms with van der Waals surface area (Å²) in [5.41, 5.74) is 2.98. The van der Waals surface area contributed by atoms with Gasteiger partial charge in [-0.3, -0.25) is 14.4 Å². The van der Waals surface area contributed by atoms with E-state index in [0.29, 0.717) is 29.9 Å². The van der Waals surface area contributed by atoms with Crippen LogP contribution in [0.2, 0.25) is 0 Å². The van der Waals surface area contributed by atoms with E-state index in [1.165, 1.54) is 11.0 Å². The maximum absolute atomic E-state index is 15.4. The van der Waals surface area contributed by atoms with Gasteiger partial charge in [-0.25, -0.2) is 8.78 Å². The molecule has 0 saturated heterocycles. The molecule has 1 aliphatic heterocycles. The summed E-state index contributed by atoms with van der Waals surface area (Å²) in [6.45, 7) is 2.00. The van der Waals surface area contributed by atoms with Gasteiger partial charge in [-0.1, -0.05) is 73.7 Å². The molecule has 0 fully saturated rings. The van der Waals surface area contributed by atoms with Crippen LogP contribution in [0.15, 0.2) is 109 Å². The number of alkyl halides is 2. The lowest BCUT2D eigenvalue weighted by molar-refractivity contribution is -0.116. The van der Waals surface area contributed by atoms with Gasteiger partial charge in [-0.15, -0.1) is 0 Å². The van der Waals surface area contributed by atoms with Gasteiger partial charge in [-0.2, -0.15) is 0 Å². The molecule has 218 valence electrons. The molecule has 43 heavy (non-hydrogen) atoms. The molecule has 0 unspecified atom stereocenters. The van der Waals surface area contributed by atoms with Crippen molar-refractivity contribution >= 4 is 34.7 Å². The zero-order valence-electron chi connectivity index (χ0n) is 23.6. The highest BCUT2D eigenvalue weighted by Crippen LogP contribution is 2.43. The molecule has 0 spiro atoms. The summed E-state index contributed by atoms with van der Waals surface area (Å²) in [5.74, 6) is -4.69. The van der Waals surface area contributed by atoms with Crippen molar-refractivity contribution in [3.05, 3.63) is 126 Å². The van der Waals surface area contributed by atoms with Crippen molar-refractivity contribution in [2.75, 3.05) is 23.3 Å². The zero-order valence-corrected chi connectivity index (χ0v) is 23.6. The zero-order chi connectivity index (χ0) is 30.4. The van der Waals surface area contributed by atoms with Crippen molar-refractivity contribution in [2.24, 2.45) is 0 Å². The second kappa shape index (κ2) is 12.8. The first-order chi connectivity index (χ1) is 20.8. The second-order valence-corrected chi connectivity index (χ2v) is 10.2. The van der Waals surface area contributed by atoms with Crippen LogP contribution < -0.4 is 15.5 Å². The van der Waals surface area contributed by atoms with Gasteiger partial charge in [0.25, 0.3) is 17.7 Å². The Kier molecular flexibility index (Phi) is 8.76. The van der Waals surface area contributed by atoms with Gasteiger partial charge in [0, 0.05) is 53.5 Å². The first kappa shape index (κ1) is 29.4. The summed E-state index contributed by atoms with van der Waals surface area (Å²) < 4.78 is 30.7. The number of nitrogens with zero attached hydrogens (tertiary/aromatic N) is 1. The largest absolute Gasteiger partial charge is 0.353 e. The molecule has 8 heteroatoms. The third kappa shape index (κ3) is 6.54. The normalized spacial score (nSPS) is 14.9. The molecule has 4 aromatic carbocycles. The van der Waals surface area contributed by atoms with Crippen LogP contribution in [-0.4, -0.2) is 36.7 Å². The van der Waals surface area contributed by atoms with E-state index in [2.05, 4.69) is 10.6 Å². The second-order valence-electron chi connectivity index (χ2n) is 10.2. The number of carbonyl (C=O) groups is 3. The molecule has 0 bridgehead atoms. The molecule has 3 amide bonds. The maximum Gasteiger partial charge on any atom is 0.275 e. The summed E-state index contributed by atoms with van der Waals surface area (Å²) in [6.07, 6.45) is 0.971. The molecule has 0 saturated carbocycles. The van der Waals surface area contributed by atoms with Gasteiger partial charge in [0.15, 0.2) is 0 Å². The smallest absolute Gasteiger partial charge is 0.275 e. The van der Waals surface area contributed by atoms with Crippen LogP contribution in [0.5, 0.6) is 0 Å². The van der Waals surface area contributed by atoms with E-state index in [9.17, 15) is 14.4 Å².